The topological polar surface area (TPSA) is 21.3 Å². The van der Waals surface area contributed by atoms with E-state index >= 15 is 0 Å². The van der Waals surface area contributed by atoms with Crippen LogP contribution in [0.3, 0.4) is 0 Å². The van der Waals surface area contributed by atoms with Crippen molar-refractivity contribution >= 4 is 35.7 Å². The summed E-state index contributed by atoms with van der Waals surface area (Å²) >= 11 is 6.16. The summed E-state index contributed by atoms with van der Waals surface area (Å²) in [6, 6.07) is 36.1. The van der Waals surface area contributed by atoms with Crippen molar-refractivity contribution in [1.29, 1.82) is 0 Å². The molecule has 0 amide bonds. The van der Waals surface area contributed by atoms with E-state index in [0.717, 1.165) is 35.7 Å². The van der Waals surface area contributed by atoms with Crippen molar-refractivity contribution in [3.05, 3.63) is 126 Å². The summed E-state index contributed by atoms with van der Waals surface area (Å²) in [5.41, 5.74) is 8.93. The predicted molar refractivity (Wildman–Crippen MR) is 180 cm³/mol. The second-order valence-electron chi connectivity index (χ2n) is 10.6. The standard InChI is InChI=1S/C28H31NOS.C8H10S/c1-20(31-17-16-21-10-6-5-7-11-21)25-19-28(2,3)29-26-15-14-22(18-24(25)26)23-12-8-9-13-27(23)30-4;9-7-6-8-4-2-1-3-5-8/h5-15,18-20,29H,16-17H2,1-4H3;1-5,9H,6-7H2. The van der Waals surface area contributed by atoms with Crippen LogP contribution in [0.15, 0.2) is 109 Å². The highest BCUT2D eigenvalue weighted by atomic mass is 32.2. The summed E-state index contributed by atoms with van der Waals surface area (Å²) in [6.07, 6.45) is 4.57. The van der Waals surface area contributed by atoms with Gasteiger partial charge in [0.2, 0.25) is 0 Å². The Morgan fingerprint density at radius 3 is 2.08 bits per heavy atom. The summed E-state index contributed by atoms with van der Waals surface area (Å²) in [5, 5.41) is 4.11. The summed E-state index contributed by atoms with van der Waals surface area (Å²) in [4.78, 5) is 0. The molecule has 0 fully saturated rings. The molecular formula is C36H41NOS2. The van der Waals surface area contributed by atoms with Crippen LogP contribution in [0.2, 0.25) is 0 Å². The van der Waals surface area contributed by atoms with Crippen LogP contribution >= 0.6 is 24.4 Å². The Hall–Kier alpha value is -3.08. The molecule has 1 N–H and O–H groups in total. The number of thioether (sulfide) groups is 1. The van der Waals surface area contributed by atoms with Gasteiger partial charge < -0.3 is 10.1 Å². The van der Waals surface area contributed by atoms with E-state index in [0.29, 0.717) is 5.25 Å². The average molecular weight is 568 g/mol. The monoisotopic (exact) mass is 567 g/mol. The first-order valence-electron chi connectivity index (χ1n) is 14.0. The summed E-state index contributed by atoms with van der Waals surface area (Å²) in [5.74, 6) is 2.95. The van der Waals surface area contributed by atoms with Gasteiger partial charge in [0.05, 0.1) is 12.6 Å². The van der Waals surface area contributed by atoms with Crippen LogP contribution in [-0.2, 0) is 12.8 Å². The number of ether oxygens (including phenoxy) is 1. The molecule has 4 heteroatoms. The van der Waals surface area contributed by atoms with Crippen molar-refractivity contribution in [1.82, 2.24) is 0 Å². The molecule has 0 aliphatic carbocycles. The second-order valence-corrected chi connectivity index (χ2v) is 12.5. The largest absolute Gasteiger partial charge is 0.496 e. The van der Waals surface area contributed by atoms with Crippen LogP contribution in [0.5, 0.6) is 5.75 Å². The number of anilines is 1. The minimum Gasteiger partial charge on any atom is -0.496 e. The molecule has 1 atom stereocenters. The van der Waals surface area contributed by atoms with Gasteiger partial charge in [-0.05, 0) is 85.6 Å². The highest BCUT2D eigenvalue weighted by Crippen LogP contribution is 2.42. The molecule has 1 aliphatic rings. The van der Waals surface area contributed by atoms with E-state index in [-0.39, 0.29) is 5.54 Å². The number of para-hydroxylation sites is 1. The lowest BCUT2D eigenvalue weighted by molar-refractivity contribution is 0.416. The van der Waals surface area contributed by atoms with E-state index in [2.05, 4.69) is 130 Å². The van der Waals surface area contributed by atoms with Gasteiger partial charge in [-0.1, -0.05) is 91.0 Å². The fraction of sp³-hybridized carbons (Fsp3) is 0.278. The number of methoxy groups -OCH3 is 1. The highest BCUT2D eigenvalue weighted by Gasteiger charge is 2.27. The van der Waals surface area contributed by atoms with Crippen LogP contribution < -0.4 is 10.1 Å². The number of nitrogens with one attached hydrogen (secondary N) is 1. The van der Waals surface area contributed by atoms with Crippen molar-refractivity contribution in [2.75, 3.05) is 23.9 Å². The van der Waals surface area contributed by atoms with Crippen LogP contribution in [0.4, 0.5) is 5.69 Å². The highest BCUT2D eigenvalue weighted by molar-refractivity contribution is 8.00. The molecule has 0 aromatic heterocycles. The fourth-order valence-corrected chi connectivity index (χ4v) is 6.33. The van der Waals surface area contributed by atoms with Gasteiger partial charge in [0.1, 0.15) is 5.75 Å². The van der Waals surface area contributed by atoms with Gasteiger partial charge in [-0.2, -0.15) is 24.4 Å². The Balaban J connectivity index is 0.000000350. The summed E-state index contributed by atoms with van der Waals surface area (Å²) in [7, 11) is 1.73. The van der Waals surface area contributed by atoms with E-state index in [1.807, 2.05) is 30.0 Å². The molecule has 1 unspecified atom stereocenters. The predicted octanol–water partition coefficient (Wildman–Crippen LogP) is 9.47. The lowest BCUT2D eigenvalue weighted by Crippen LogP contribution is -2.33. The Morgan fingerprint density at radius 1 is 0.800 bits per heavy atom. The van der Waals surface area contributed by atoms with Crippen molar-refractivity contribution in [2.45, 2.75) is 44.4 Å². The van der Waals surface area contributed by atoms with Gasteiger partial charge >= 0.3 is 0 Å². The first-order valence-corrected chi connectivity index (χ1v) is 15.7. The molecule has 4 aromatic rings. The van der Waals surface area contributed by atoms with E-state index < -0.39 is 0 Å². The third-order valence-corrected chi connectivity index (χ3v) is 8.42. The zero-order valence-electron chi connectivity index (χ0n) is 24.1. The maximum Gasteiger partial charge on any atom is 0.126 e. The quantitative estimate of drug-likeness (QED) is 0.197. The van der Waals surface area contributed by atoms with Gasteiger partial charge in [-0.3, -0.25) is 0 Å². The molecule has 0 saturated heterocycles. The smallest absolute Gasteiger partial charge is 0.126 e. The first kappa shape index (κ1) is 29.9. The molecule has 0 bridgehead atoms. The molecule has 1 heterocycles. The molecule has 1 aliphatic heterocycles. The molecule has 4 aromatic carbocycles. The van der Waals surface area contributed by atoms with Crippen LogP contribution in [-0.4, -0.2) is 29.4 Å². The molecule has 2 nitrogen and oxygen atoms in total. The number of rotatable bonds is 9. The zero-order valence-corrected chi connectivity index (χ0v) is 25.8. The lowest BCUT2D eigenvalue weighted by Gasteiger charge is -2.34. The first-order chi connectivity index (χ1) is 19.4. The number of benzene rings is 4. The maximum atomic E-state index is 5.61. The van der Waals surface area contributed by atoms with Gasteiger partial charge in [0, 0.05) is 22.1 Å². The zero-order chi connectivity index (χ0) is 28.4. The van der Waals surface area contributed by atoms with Crippen molar-refractivity contribution in [3.63, 3.8) is 0 Å². The van der Waals surface area contributed by atoms with Crippen LogP contribution in [0.25, 0.3) is 16.7 Å². The average Bonchev–Trinajstić information content (AvgIpc) is 2.97. The number of thiol groups is 1. The maximum absolute atomic E-state index is 5.61. The number of hydrogen-bond acceptors (Lipinski definition) is 4. The Kier molecular flexibility index (Phi) is 10.9. The van der Waals surface area contributed by atoms with E-state index in [4.69, 9.17) is 4.74 Å². The van der Waals surface area contributed by atoms with Gasteiger partial charge in [-0.15, -0.1) is 0 Å². The number of hydrogen-bond donors (Lipinski definition) is 2. The van der Waals surface area contributed by atoms with Gasteiger partial charge in [0.15, 0.2) is 0 Å². The Morgan fingerprint density at radius 2 is 1.43 bits per heavy atom. The molecule has 0 saturated carbocycles. The SMILES string of the molecule is COc1ccccc1-c1ccc2c(c1)C(C(C)SCCc1ccccc1)=CC(C)(C)N2.SCCc1ccccc1. The van der Waals surface area contributed by atoms with Crippen molar-refractivity contribution < 1.29 is 4.74 Å². The summed E-state index contributed by atoms with van der Waals surface area (Å²) < 4.78 is 5.61. The molecule has 208 valence electrons. The second kappa shape index (κ2) is 14.5. The third kappa shape index (κ3) is 8.22. The minimum atomic E-state index is -0.0669. The fourth-order valence-electron chi connectivity index (χ4n) is 4.99. The number of fused-ring (bicyclic) bond motifs is 1. The Labute approximate surface area is 250 Å². The number of aryl methyl sites for hydroxylation is 2. The molecule has 0 spiro atoms. The van der Waals surface area contributed by atoms with E-state index in [1.54, 1.807) is 7.11 Å². The van der Waals surface area contributed by atoms with Crippen molar-refractivity contribution in [3.8, 4) is 16.9 Å². The summed E-state index contributed by atoms with van der Waals surface area (Å²) in [6.45, 7) is 6.82. The van der Waals surface area contributed by atoms with Crippen LogP contribution in [0.1, 0.15) is 37.5 Å². The van der Waals surface area contributed by atoms with Crippen molar-refractivity contribution in [2.24, 2.45) is 0 Å². The van der Waals surface area contributed by atoms with Crippen LogP contribution in [0, 0.1) is 0 Å². The van der Waals surface area contributed by atoms with Gasteiger partial charge in [-0.25, -0.2) is 0 Å². The van der Waals surface area contributed by atoms with E-state index in [9.17, 15) is 0 Å². The normalized spacial score (nSPS) is 14.1. The molecule has 40 heavy (non-hydrogen) atoms. The Bertz CT molecular complexity index is 1380. The molecule has 5 rings (SSSR count). The van der Waals surface area contributed by atoms with E-state index in [1.165, 1.54) is 33.5 Å². The molecule has 0 radical (unpaired) electrons. The third-order valence-electron chi connectivity index (χ3n) is 7.00. The minimum absolute atomic E-state index is 0.0669. The van der Waals surface area contributed by atoms with Gasteiger partial charge in [0.25, 0.3) is 0 Å². The molecular weight excluding hydrogens is 527 g/mol. The lowest BCUT2D eigenvalue weighted by atomic mass is 9.87.